The molecule has 2 heterocycles. The molecule has 1 fully saturated rings. The number of hydrogen-bond acceptors (Lipinski definition) is 5. The zero-order valence-electron chi connectivity index (χ0n) is 11.7. The van der Waals surface area contributed by atoms with Gasteiger partial charge in [0, 0.05) is 44.0 Å². The number of anilines is 1. The smallest absolute Gasteiger partial charge is 0.269 e. The molecule has 0 radical (unpaired) electrons. The van der Waals surface area contributed by atoms with Crippen LogP contribution in [0.2, 0.25) is 0 Å². The number of morpholine rings is 1. The van der Waals surface area contributed by atoms with Crippen molar-refractivity contribution in [3.63, 3.8) is 0 Å². The van der Waals surface area contributed by atoms with E-state index in [4.69, 9.17) is 4.74 Å². The first-order valence-electron chi connectivity index (χ1n) is 7.03. The Balaban J connectivity index is 1.70. The van der Waals surface area contributed by atoms with E-state index in [2.05, 4.69) is 4.90 Å². The largest absolute Gasteiger partial charge is 0.379 e. The van der Waals surface area contributed by atoms with E-state index in [9.17, 15) is 14.9 Å². The number of rotatable bonds is 4. The van der Waals surface area contributed by atoms with E-state index in [1.807, 2.05) is 0 Å². The average molecular weight is 291 g/mol. The molecule has 1 aromatic rings. The van der Waals surface area contributed by atoms with Gasteiger partial charge in [0.1, 0.15) is 0 Å². The van der Waals surface area contributed by atoms with Crippen molar-refractivity contribution in [2.75, 3.05) is 44.3 Å². The summed E-state index contributed by atoms with van der Waals surface area (Å²) in [6.45, 7) is 4.65. The number of fused-ring (bicyclic) bond motifs is 1. The number of amides is 1. The number of ether oxygens (including phenoxy) is 1. The number of hydrogen-bond donors (Lipinski definition) is 0. The second-order valence-electron chi connectivity index (χ2n) is 5.25. The zero-order valence-corrected chi connectivity index (χ0v) is 11.7. The monoisotopic (exact) mass is 291 g/mol. The Labute approximate surface area is 122 Å². The standard InChI is InChI=1S/C14H17N3O4/c18-14-10-11-9-12(17(19)20)1-2-13(11)16(14)4-3-15-5-7-21-8-6-15/h1-2,9H,3-8,10H2. The lowest BCUT2D eigenvalue weighted by Crippen LogP contribution is -2.42. The summed E-state index contributed by atoms with van der Waals surface area (Å²) in [6, 6.07) is 4.64. The van der Waals surface area contributed by atoms with Crippen LogP contribution >= 0.6 is 0 Å². The zero-order chi connectivity index (χ0) is 14.8. The van der Waals surface area contributed by atoms with Gasteiger partial charge in [0.25, 0.3) is 5.69 Å². The molecule has 112 valence electrons. The highest BCUT2D eigenvalue weighted by atomic mass is 16.6. The minimum atomic E-state index is -0.429. The number of carbonyl (C=O) groups is 1. The molecule has 0 unspecified atom stereocenters. The van der Waals surface area contributed by atoms with Crippen LogP contribution in [0.3, 0.4) is 0 Å². The molecule has 7 nitrogen and oxygen atoms in total. The normalized spacial score (nSPS) is 18.9. The molecule has 0 aliphatic carbocycles. The number of carbonyl (C=O) groups excluding carboxylic acids is 1. The molecular weight excluding hydrogens is 274 g/mol. The van der Waals surface area contributed by atoms with Gasteiger partial charge >= 0.3 is 0 Å². The van der Waals surface area contributed by atoms with Crippen LogP contribution < -0.4 is 4.90 Å². The quantitative estimate of drug-likeness (QED) is 0.606. The molecule has 0 aromatic heterocycles. The predicted molar refractivity (Wildman–Crippen MR) is 76.4 cm³/mol. The van der Waals surface area contributed by atoms with E-state index in [-0.39, 0.29) is 18.0 Å². The average Bonchev–Trinajstić information content (AvgIpc) is 2.80. The first kappa shape index (κ1) is 14.0. The Morgan fingerprint density at radius 2 is 2.00 bits per heavy atom. The van der Waals surface area contributed by atoms with Gasteiger partial charge in [-0.25, -0.2) is 0 Å². The van der Waals surface area contributed by atoms with E-state index in [0.29, 0.717) is 6.54 Å². The molecule has 3 rings (SSSR count). The number of nitro groups is 1. The molecule has 7 heteroatoms. The molecule has 0 bridgehead atoms. The molecule has 2 aliphatic heterocycles. The van der Waals surface area contributed by atoms with Crippen molar-refractivity contribution < 1.29 is 14.5 Å². The highest BCUT2D eigenvalue weighted by molar-refractivity contribution is 6.01. The minimum Gasteiger partial charge on any atom is -0.379 e. The van der Waals surface area contributed by atoms with Crippen LogP contribution in [0.1, 0.15) is 5.56 Å². The lowest BCUT2D eigenvalue weighted by molar-refractivity contribution is -0.384. The van der Waals surface area contributed by atoms with Gasteiger partial charge in [0.2, 0.25) is 5.91 Å². The molecule has 0 saturated carbocycles. The van der Waals surface area contributed by atoms with Crippen molar-refractivity contribution in [1.82, 2.24) is 4.90 Å². The SMILES string of the molecule is O=C1Cc2cc([N+](=O)[O-])ccc2N1CCN1CCOCC1. The maximum atomic E-state index is 12.1. The number of nitrogens with zero attached hydrogens (tertiary/aromatic N) is 3. The van der Waals surface area contributed by atoms with Crippen LogP contribution in [0.4, 0.5) is 11.4 Å². The highest BCUT2D eigenvalue weighted by Crippen LogP contribution is 2.31. The molecule has 0 N–H and O–H groups in total. The molecular formula is C14H17N3O4. The second-order valence-corrected chi connectivity index (χ2v) is 5.25. The summed E-state index contributed by atoms with van der Waals surface area (Å²) in [5, 5.41) is 10.8. The molecule has 21 heavy (non-hydrogen) atoms. The van der Waals surface area contributed by atoms with E-state index >= 15 is 0 Å². The maximum absolute atomic E-state index is 12.1. The van der Waals surface area contributed by atoms with Crippen LogP contribution in [0.5, 0.6) is 0 Å². The minimum absolute atomic E-state index is 0.0127. The van der Waals surface area contributed by atoms with Crippen molar-refractivity contribution in [1.29, 1.82) is 0 Å². The third-order valence-corrected chi connectivity index (χ3v) is 3.95. The Hall–Kier alpha value is -1.99. The number of nitro benzene ring substituents is 1. The van der Waals surface area contributed by atoms with Gasteiger partial charge in [0.15, 0.2) is 0 Å². The lowest BCUT2D eigenvalue weighted by Gasteiger charge is -2.28. The first-order valence-corrected chi connectivity index (χ1v) is 7.03. The highest BCUT2D eigenvalue weighted by Gasteiger charge is 2.29. The summed E-state index contributed by atoms with van der Waals surface area (Å²) in [7, 11) is 0. The summed E-state index contributed by atoms with van der Waals surface area (Å²) >= 11 is 0. The van der Waals surface area contributed by atoms with Crippen LogP contribution in [0, 0.1) is 10.1 Å². The summed E-state index contributed by atoms with van der Waals surface area (Å²) in [6.07, 6.45) is 0.250. The molecule has 1 aromatic carbocycles. The third kappa shape index (κ3) is 2.88. The lowest BCUT2D eigenvalue weighted by atomic mass is 10.1. The van der Waals surface area contributed by atoms with E-state index in [0.717, 1.165) is 44.1 Å². The van der Waals surface area contributed by atoms with E-state index in [1.54, 1.807) is 11.0 Å². The Kier molecular flexibility index (Phi) is 3.85. The van der Waals surface area contributed by atoms with Gasteiger partial charge in [-0.05, 0) is 11.6 Å². The van der Waals surface area contributed by atoms with Crippen LogP contribution in [-0.2, 0) is 16.0 Å². The summed E-state index contributed by atoms with van der Waals surface area (Å²) in [4.78, 5) is 26.4. The van der Waals surface area contributed by atoms with Gasteiger partial charge in [-0.3, -0.25) is 19.8 Å². The van der Waals surface area contributed by atoms with Crippen molar-refractivity contribution >= 4 is 17.3 Å². The van der Waals surface area contributed by atoms with Crippen molar-refractivity contribution in [2.45, 2.75) is 6.42 Å². The van der Waals surface area contributed by atoms with Crippen molar-refractivity contribution in [3.05, 3.63) is 33.9 Å². The van der Waals surface area contributed by atoms with Crippen LogP contribution in [0.25, 0.3) is 0 Å². The van der Waals surface area contributed by atoms with Crippen molar-refractivity contribution in [3.8, 4) is 0 Å². The Morgan fingerprint density at radius 1 is 1.24 bits per heavy atom. The topological polar surface area (TPSA) is 75.9 Å². The van der Waals surface area contributed by atoms with Crippen molar-refractivity contribution in [2.24, 2.45) is 0 Å². The fourth-order valence-electron chi connectivity index (χ4n) is 2.79. The van der Waals surface area contributed by atoms with Crippen LogP contribution in [0.15, 0.2) is 18.2 Å². The molecule has 1 saturated heterocycles. The van der Waals surface area contributed by atoms with Gasteiger partial charge in [-0.15, -0.1) is 0 Å². The maximum Gasteiger partial charge on any atom is 0.269 e. The summed E-state index contributed by atoms with van der Waals surface area (Å²) in [5.41, 5.74) is 1.59. The van der Waals surface area contributed by atoms with Gasteiger partial charge in [-0.2, -0.15) is 0 Å². The summed E-state index contributed by atoms with van der Waals surface area (Å²) in [5.74, 6) is 0.0127. The molecule has 2 aliphatic rings. The van der Waals surface area contributed by atoms with E-state index < -0.39 is 4.92 Å². The van der Waals surface area contributed by atoms with E-state index in [1.165, 1.54) is 12.1 Å². The predicted octanol–water partition coefficient (Wildman–Crippen LogP) is 0.816. The number of benzene rings is 1. The van der Waals surface area contributed by atoms with Gasteiger partial charge in [-0.1, -0.05) is 0 Å². The molecule has 0 atom stereocenters. The fourth-order valence-corrected chi connectivity index (χ4v) is 2.79. The molecule has 0 spiro atoms. The third-order valence-electron chi connectivity index (χ3n) is 3.95. The number of non-ortho nitro benzene ring substituents is 1. The Morgan fingerprint density at radius 3 is 2.71 bits per heavy atom. The first-order chi connectivity index (χ1) is 10.1. The molecule has 1 amide bonds. The fraction of sp³-hybridized carbons (Fsp3) is 0.500. The second kappa shape index (κ2) is 5.79. The Bertz CT molecular complexity index is 569. The van der Waals surface area contributed by atoms with Gasteiger partial charge < -0.3 is 9.64 Å². The van der Waals surface area contributed by atoms with Gasteiger partial charge in [0.05, 0.1) is 24.6 Å². The van der Waals surface area contributed by atoms with Crippen LogP contribution in [-0.4, -0.2) is 55.1 Å². The summed E-state index contributed by atoms with van der Waals surface area (Å²) < 4.78 is 5.30.